The van der Waals surface area contributed by atoms with Crippen LogP contribution in [0.5, 0.6) is 5.75 Å². The number of carbonyl (C=O) groups is 2. The molecule has 1 saturated heterocycles. The third kappa shape index (κ3) is 7.07. The van der Waals surface area contributed by atoms with Crippen LogP contribution in [0.4, 0.5) is 0 Å². The van der Waals surface area contributed by atoms with Crippen LogP contribution in [-0.4, -0.2) is 58.8 Å². The monoisotopic (exact) mass is 607 g/mol. The Morgan fingerprint density at radius 1 is 1.16 bits per heavy atom. The van der Waals surface area contributed by atoms with Gasteiger partial charge in [0.2, 0.25) is 5.91 Å². The van der Waals surface area contributed by atoms with E-state index in [0.717, 1.165) is 97.5 Å². The number of hydrogen-bond donors (Lipinski definition) is 2. The highest BCUT2D eigenvalue weighted by Gasteiger charge is 2.58. The minimum Gasteiger partial charge on any atom is -0.496 e. The van der Waals surface area contributed by atoms with E-state index in [9.17, 15) is 9.59 Å². The standard InChI is InChI=1S/C34H45N5O3.ClH/c1-4-24(40)8-6-5-7-9-28(38-33(41)26-20-34(26)14-16-39(2)17-15-34)32-35-21-30(37-32)25-18-23-12-13-27(22-10-11-22)36-29(23)19-31(25)42-3;/h12-13,18-19,21-22,26,28H,4-11,14-17,20H2,1-3H3,(H,35,37)(H,38,41);1H/t26-,28?;/m1./s1. The van der Waals surface area contributed by atoms with Crippen molar-refractivity contribution in [1.29, 1.82) is 0 Å². The van der Waals surface area contributed by atoms with Crippen LogP contribution in [0.15, 0.2) is 30.5 Å². The molecule has 3 aromatic rings. The molecule has 232 valence electrons. The molecule has 3 heterocycles. The van der Waals surface area contributed by atoms with Gasteiger partial charge in [-0.3, -0.25) is 14.6 Å². The van der Waals surface area contributed by atoms with Gasteiger partial charge in [-0.15, -0.1) is 12.4 Å². The summed E-state index contributed by atoms with van der Waals surface area (Å²) in [6, 6.07) is 8.22. The number of methoxy groups -OCH3 is 1. The predicted molar refractivity (Wildman–Crippen MR) is 172 cm³/mol. The number of ketones is 1. The summed E-state index contributed by atoms with van der Waals surface area (Å²) in [6.07, 6.45) is 12.3. The summed E-state index contributed by atoms with van der Waals surface area (Å²) in [5, 5.41) is 4.44. The van der Waals surface area contributed by atoms with E-state index in [1.165, 1.54) is 12.8 Å². The number of aromatic nitrogens is 3. The van der Waals surface area contributed by atoms with Crippen LogP contribution >= 0.6 is 12.4 Å². The molecule has 1 unspecified atom stereocenters. The Bertz CT molecular complexity index is 1440. The summed E-state index contributed by atoms with van der Waals surface area (Å²) in [6.45, 7) is 4.05. The second-order valence-electron chi connectivity index (χ2n) is 12.9. The van der Waals surface area contributed by atoms with Crippen molar-refractivity contribution in [3.8, 4) is 17.0 Å². The molecule has 0 bridgehead atoms. The first kappa shape index (κ1) is 31.5. The van der Waals surface area contributed by atoms with Crippen molar-refractivity contribution in [1.82, 2.24) is 25.2 Å². The van der Waals surface area contributed by atoms with Gasteiger partial charge in [-0.1, -0.05) is 25.8 Å². The predicted octanol–water partition coefficient (Wildman–Crippen LogP) is 6.75. The molecule has 2 saturated carbocycles. The maximum atomic E-state index is 13.5. The molecule has 2 aliphatic carbocycles. The van der Waals surface area contributed by atoms with Crippen LogP contribution in [0.1, 0.15) is 101 Å². The summed E-state index contributed by atoms with van der Waals surface area (Å²) in [7, 11) is 3.85. The van der Waals surface area contributed by atoms with Gasteiger partial charge in [0, 0.05) is 47.4 Å². The summed E-state index contributed by atoms with van der Waals surface area (Å²) in [4.78, 5) is 40.9. The van der Waals surface area contributed by atoms with Gasteiger partial charge < -0.3 is 19.9 Å². The van der Waals surface area contributed by atoms with Crippen LogP contribution in [0.3, 0.4) is 0 Å². The summed E-state index contributed by atoms with van der Waals surface area (Å²) in [5.41, 5.74) is 4.08. The van der Waals surface area contributed by atoms with E-state index in [4.69, 9.17) is 14.7 Å². The number of benzene rings is 1. The van der Waals surface area contributed by atoms with E-state index in [-0.39, 0.29) is 35.7 Å². The van der Waals surface area contributed by atoms with E-state index in [0.29, 0.717) is 24.5 Å². The SMILES string of the molecule is CCC(=O)CCCCCC(NC(=O)[C@H]1CC12CCN(C)CC2)c1ncc(-c2cc3ccc(C4CC4)nc3cc2OC)[nH]1.Cl. The molecule has 1 spiro atoms. The number of aromatic amines is 1. The van der Waals surface area contributed by atoms with Gasteiger partial charge in [0.15, 0.2) is 0 Å². The Morgan fingerprint density at radius 2 is 1.95 bits per heavy atom. The molecule has 8 nitrogen and oxygen atoms in total. The van der Waals surface area contributed by atoms with Crippen molar-refractivity contribution in [2.24, 2.45) is 11.3 Å². The average molecular weight is 608 g/mol. The molecule has 1 amide bonds. The fraction of sp³-hybridized carbons (Fsp3) is 0.588. The number of Topliss-reactive ketones (excluding diaryl/α,β-unsaturated/α-hetero) is 1. The average Bonchev–Trinajstić information content (AvgIpc) is 3.93. The summed E-state index contributed by atoms with van der Waals surface area (Å²) in [5.74, 6) is 2.69. The lowest BCUT2D eigenvalue weighted by atomic mass is 9.91. The second kappa shape index (κ2) is 13.3. The first-order valence-corrected chi connectivity index (χ1v) is 15.9. The summed E-state index contributed by atoms with van der Waals surface area (Å²) < 4.78 is 5.80. The Labute approximate surface area is 261 Å². The van der Waals surface area contributed by atoms with Crippen LogP contribution in [0.2, 0.25) is 0 Å². The number of fused-ring (bicyclic) bond motifs is 1. The molecule has 2 aromatic heterocycles. The lowest BCUT2D eigenvalue weighted by Crippen LogP contribution is -2.36. The molecule has 3 fully saturated rings. The number of halogens is 1. The quantitative estimate of drug-likeness (QED) is 0.208. The maximum absolute atomic E-state index is 13.5. The molecule has 0 radical (unpaired) electrons. The third-order valence-corrected chi connectivity index (χ3v) is 9.89. The van der Waals surface area contributed by atoms with Gasteiger partial charge in [-0.25, -0.2) is 4.98 Å². The molecule has 2 N–H and O–H groups in total. The molecule has 43 heavy (non-hydrogen) atoms. The Hall–Kier alpha value is -2.97. The fourth-order valence-corrected chi connectivity index (χ4v) is 6.71. The zero-order chi connectivity index (χ0) is 29.3. The maximum Gasteiger partial charge on any atom is 0.224 e. The molecule has 2 atom stereocenters. The van der Waals surface area contributed by atoms with Crippen molar-refractivity contribution in [3.63, 3.8) is 0 Å². The normalized spacial score (nSPS) is 20.0. The van der Waals surface area contributed by atoms with E-state index in [2.05, 4.69) is 40.4 Å². The number of nitrogens with zero attached hydrogens (tertiary/aromatic N) is 3. The Kier molecular flexibility index (Phi) is 9.76. The molecule has 6 rings (SSSR count). The van der Waals surface area contributed by atoms with Gasteiger partial charge in [0.25, 0.3) is 0 Å². The van der Waals surface area contributed by atoms with Crippen molar-refractivity contribution in [2.45, 2.75) is 89.5 Å². The second-order valence-corrected chi connectivity index (χ2v) is 12.9. The number of nitrogens with one attached hydrogen (secondary N) is 2. The number of hydrogen-bond acceptors (Lipinski definition) is 6. The van der Waals surface area contributed by atoms with Crippen LogP contribution in [0.25, 0.3) is 22.2 Å². The van der Waals surface area contributed by atoms with Crippen LogP contribution < -0.4 is 10.1 Å². The van der Waals surface area contributed by atoms with E-state index in [1.807, 2.05) is 19.2 Å². The van der Waals surface area contributed by atoms with Crippen molar-refractivity contribution in [3.05, 3.63) is 42.0 Å². The highest BCUT2D eigenvalue weighted by molar-refractivity contribution is 5.88. The minimum atomic E-state index is -0.203. The first-order valence-electron chi connectivity index (χ1n) is 15.9. The van der Waals surface area contributed by atoms with E-state index >= 15 is 0 Å². The van der Waals surface area contributed by atoms with Gasteiger partial charge in [-0.05, 0) is 82.6 Å². The first-order chi connectivity index (χ1) is 20.4. The third-order valence-electron chi connectivity index (χ3n) is 9.89. The smallest absolute Gasteiger partial charge is 0.224 e. The molecule has 3 aliphatic rings. The van der Waals surface area contributed by atoms with Gasteiger partial charge in [-0.2, -0.15) is 0 Å². The van der Waals surface area contributed by atoms with Gasteiger partial charge in [0.1, 0.15) is 17.4 Å². The number of H-pyrrole nitrogens is 1. The number of pyridine rings is 1. The largest absolute Gasteiger partial charge is 0.496 e. The van der Waals surface area contributed by atoms with Gasteiger partial charge in [0.05, 0.1) is 30.6 Å². The number of piperidine rings is 1. The number of carbonyl (C=O) groups excluding carboxylic acids is 2. The Morgan fingerprint density at radius 3 is 2.67 bits per heavy atom. The minimum absolute atomic E-state index is 0. The van der Waals surface area contributed by atoms with Crippen LogP contribution in [0, 0.1) is 11.3 Å². The lowest BCUT2D eigenvalue weighted by molar-refractivity contribution is -0.124. The Balaban J connectivity index is 0.00000368. The van der Waals surface area contributed by atoms with Crippen molar-refractivity contribution >= 4 is 35.0 Å². The molecular weight excluding hydrogens is 562 g/mol. The van der Waals surface area contributed by atoms with E-state index in [1.54, 1.807) is 7.11 Å². The number of amides is 1. The number of likely N-dealkylation sites (tertiary alicyclic amines) is 1. The molecule has 1 aliphatic heterocycles. The highest BCUT2D eigenvalue weighted by Crippen LogP contribution is 2.59. The number of unbranched alkanes of at least 4 members (excludes halogenated alkanes) is 2. The molecular formula is C34H46ClN5O3. The topological polar surface area (TPSA) is 100 Å². The van der Waals surface area contributed by atoms with Gasteiger partial charge >= 0.3 is 0 Å². The number of rotatable bonds is 13. The van der Waals surface area contributed by atoms with Crippen molar-refractivity contribution in [2.75, 3.05) is 27.2 Å². The highest BCUT2D eigenvalue weighted by atomic mass is 35.5. The van der Waals surface area contributed by atoms with E-state index < -0.39 is 0 Å². The van der Waals surface area contributed by atoms with Crippen molar-refractivity contribution < 1.29 is 14.3 Å². The van der Waals surface area contributed by atoms with Crippen LogP contribution in [-0.2, 0) is 9.59 Å². The zero-order valence-corrected chi connectivity index (χ0v) is 26.6. The number of imidazole rings is 1. The zero-order valence-electron chi connectivity index (χ0n) is 25.8. The fourth-order valence-electron chi connectivity index (χ4n) is 6.71. The lowest BCUT2D eigenvalue weighted by Gasteiger charge is -2.30. The summed E-state index contributed by atoms with van der Waals surface area (Å²) >= 11 is 0. The molecule has 1 aromatic carbocycles. The number of ether oxygens (including phenoxy) is 1. The molecule has 9 heteroatoms.